The molecule has 0 saturated carbocycles. The number of methoxy groups -OCH3 is 1. The lowest BCUT2D eigenvalue weighted by atomic mass is 10.1. The lowest BCUT2D eigenvalue weighted by molar-refractivity contribution is -0.123. The van der Waals surface area contributed by atoms with Gasteiger partial charge in [0.15, 0.2) is 6.61 Å². The van der Waals surface area contributed by atoms with Gasteiger partial charge in [-0.3, -0.25) is 19.3 Å². The van der Waals surface area contributed by atoms with Crippen LogP contribution in [0.2, 0.25) is 0 Å². The number of carbonyl (C=O) groups is 3. The number of nitrogens with one attached hydrogen (secondary N) is 1. The first-order valence-electron chi connectivity index (χ1n) is 7.89. The van der Waals surface area contributed by atoms with Crippen LogP contribution in [0.15, 0.2) is 40.9 Å². The maximum atomic E-state index is 12.5. The topological polar surface area (TPSA) is 111 Å². The molecule has 0 atom stereocenters. The number of anilines is 2. The molecule has 0 unspecified atom stereocenters. The summed E-state index contributed by atoms with van der Waals surface area (Å²) in [4.78, 5) is 37.4. The van der Waals surface area contributed by atoms with E-state index in [1.165, 1.54) is 30.2 Å². The van der Waals surface area contributed by atoms with E-state index in [1.807, 2.05) is 0 Å². The highest BCUT2D eigenvalue weighted by molar-refractivity contribution is 9.10. The number of benzene rings is 2. The van der Waals surface area contributed by atoms with Crippen molar-refractivity contribution in [3.63, 3.8) is 0 Å². The first-order valence-corrected chi connectivity index (χ1v) is 8.68. The minimum absolute atomic E-state index is 0.156. The molecule has 3 N–H and O–H groups in total. The van der Waals surface area contributed by atoms with E-state index in [2.05, 4.69) is 21.2 Å². The van der Waals surface area contributed by atoms with Gasteiger partial charge in [-0.15, -0.1) is 0 Å². The number of carbonyl (C=O) groups excluding carboxylic acids is 3. The van der Waals surface area contributed by atoms with Crippen molar-refractivity contribution < 1.29 is 23.9 Å². The van der Waals surface area contributed by atoms with E-state index in [0.29, 0.717) is 17.2 Å². The lowest BCUT2D eigenvalue weighted by Crippen LogP contribution is -2.43. The van der Waals surface area contributed by atoms with Crippen molar-refractivity contribution >= 4 is 45.0 Å². The second-order valence-corrected chi connectivity index (χ2v) is 6.62. The van der Waals surface area contributed by atoms with Gasteiger partial charge < -0.3 is 20.5 Å². The molecule has 0 bridgehead atoms. The molecule has 27 heavy (non-hydrogen) atoms. The Bertz CT molecular complexity index is 931. The Morgan fingerprint density at radius 3 is 2.78 bits per heavy atom. The number of rotatable bonds is 5. The van der Waals surface area contributed by atoms with Crippen LogP contribution in [0.1, 0.15) is 10.4 Å². The van der Waals surface area contributed by atoms with Gasteiger partial charge in [0.2, 0.25) is 11.8 Å². The van der Waals surface area contributed by atoms with Gasteiger partial charge >= 0.3 is 0 Å². The van der Waals surface area contributed by atoms with E-state index in [1.54, 1.807) is 18.2 Å². The molecule has 140 valence electrons. The smallest absolute Gasteiger partial charge is 0.265 e. The maximum absolute atomic E-state index is 12.5. The molecule has 2 aromatic carbocycles. The van der Waals surface area contributed by atoms with Crippen molar-refractivity contribution in [3.05, 3.63) is 46.4 Å². The van der Waals surface area contributed by atoms with Crippen LogP contribution in [0.3, 0.4) is 0 Å². The molecule has 0 radical (unpaired) electrons. The molecule has 3 amide bonds. The first kappa shape index (κ1) is 18.7. The second-order valence-electron chi connectivity index (χ2n) is 5.71. The molecule has 0 aliphatic carbocycles. The average molecular weight is 434 g/mol. The molecule has 0 fully saturated rings. The SMILES string of the molecule is COc1ccc(C(N)=O)cc1NC(=O)CN1C(=O)COc2cc(Br)ccc21. The number of nitrogens with two attached hydrogens (primary N) is 1. The second kappa shape index (κ2) is 7.67. The summed E-state index contributed by atoms with van der Waals surface area (Å²) in [5.74, 6) is -0.552. The van der Waals surface area contributed by atoms with Gasteiger partial charge in [-0.2, -0.15) is 0 Å². The number of fused-ring (bicyclic) bond motifs is 1. The molecule has 2 aromatic rings. The van der Waals surface area contributed by atoms with Crippen LogP contribution in [0.4, 0.5) is 11.4 Å². The van der Waals surface area contributed by atoms with E-state index in [9.17, 15) is 14.4 Å². The van der Waals surface area contributed by atoms with Crippen LogP contribution in [0.25, 0.3) is 0 Å². The molecule has 0 spiro atoms. The highest BCUT2D eigenvalue weighted by Crippen LogP contribution is 2.34. The molecule has 1 heterocycles. The lowest BCUT2D eigenvalue weighted by Gasteiger charge is -2.29. The summed E-state index contributed by atoms with van der Waals surface area (Å²) < 4.78 is 11.4. The van der Waals surface area contributed by atoms with Crippen LogP contribution in [0.5, 0.6) is 11.5 Å². The van der Waals surface area contributed by atoms with Crippen LogP contribution < -0.4 is 25.4 Å². The third-order valence-corrected chi connectivity index (χ3v) is 4.42. The zero-order valence-electron chi connectivity index (χ0n) is 14.3. The number of amides is 3. The van der Waals surface area contributed by atoms with Gasteiger partial charge in [0.05, 0.1) is 18.5 Å². The van der Waals surface area contributed by atoms with Gasteiger partial charge in [0.25, 0.3) is 5.91 Å². The van der Waals surface area contributed by atoms with Crippen molar-refractivity contribution in [1.82, 2.24) is 0 Å². The van der Waals surface area contributed by atoms with Gasteiger partial charge in [0, 0.05) is 10.0 Å². The minimum atomic E-state index is -0.629. The Labute approximate surface area is 163 Å². The zero-order valence-corrected chi connectivity index (χ0v) is 15.9. The van der Waals surface area contributed by atoms with Crippen molar-refractivity contribution in [3.8, 4) is 11.5 Å². The first-order chi connectivity index (χ1) is 12.9. The zero-order chi connectivity index (χ0) is 19.6. The van der Waals surface area contributed by atoms with E-state index in [0.717, 1.165) is 4.47 Å². The van der Waals surface area contributed by atoms with Crippen LogP contribution in [0, 0.1) is 0 Å². The molecule has 1 aliphatic heterocycles. The monoisotopic (exact) mass is 433 g/mol. The molecule has 3 rings (SSSR count). The molecule has 9 heteroatoms. The molecular formula is C18H16BrN3O5. The van der Waals surface area contributed by atoms with Crippen molar-refractivity contribution in [2.75, 3.05) is 30.5 Å². The summed E-state index contributed by atoms with van der Waals surface area (Å²) in [5.41, 5.74) is 6.29. The van der Waals surface area contributed by atoms with E-state index in [4.69, 9.17) is 15.2 Å². The van der Waals surface area contributed by atoms with Crippen molar-refractivity contribution in [2.45, 2.75) is 0 Å². The highest BCUT2D eigenvalue weighted by atomic mass is 79.9. The fraction of sp³-hybridized carbons (Fsp3) is 0.167. The van der Waals surface area contributed by atoms with Gasteiger partial charge in [-0.25, -0.2) is 0 Å². The fourth-order valence-electron chi connectivity index (χ4n) is 2.64. The van der Waals surface area contributed by atoms with Crippen LogP contribution in [-0.2, 0) is 9.59 Å². The number of nitrogens with zero attached hydrogens (tertiary/aromatic N) is 1. The maximum Gasteiger partial charge on any atom is 0.265 e. The largest absolute Gasteiger partial charge is 0.495 e. The summed E-state index contributed by atoms with van der Waals surface area (Å²) in [5, 5.41) is 2.65. The molecule has 0 saturated heterocycles. The van der Waals surface area contributed by atoms with E-state index < -0.39 is 11.8 Å². The summed E-state index contributed by atoms with van der Waals surface area (Å²) in [7, 11) is 1.44. The Hall–Kier alpha value is -3.07. The predicted molar refractivity (Wildman–Crippen MR) is 102 cm³/mol. The van der Waals surface area contributed by atoms with Crippen LogP contribution in [-0.4, -0.2) is 38.0 Å². The fourth-order valence-corrected chi connectivity index (χ4v) is 2.98. The molecule has 8 nitrogen and oxygen atoms in total. The van der Waals surface area contributed by atoms with Crippen molar-refractivity contribution in [1.29, 1.82) is 0 Å². The number of ether oxygens (including phenoxy) is 2. The summed E-state index contributed by atoms with van der Waals surface area (Å²) in [6, 6.07) is 9.62. The normalized spacial score (nSPS) is 12.8. The number of primary amides is 1. The quantitative estimate of drug-likeness (QED) is 0.747. The number of hydrogen-bond donors (Lipinski definition) is 2. The standard InChI is InChI=1S/C18H16BrN3O5/c1-26-14-5-2-10(18(20)25)6-12(14)21-16(23)8-22-13-4-3-11(19)7-15(13)27-9-17(22)24/h2-7H,8-9H2,1H3,(H2,20,25)(H,21,23). The Morgan fingerprint density at radius 1 is 1.30 bits per heavy atom. The summed E-state index contributed by atoms with van der Waals surface area (Å²) in [6.07, 6.45) is 0. The van der Waals surface area contributed by atoms with Gasteiger partial charge in [-0.1, -0.05) is 15.9 Å². The highest BCUT2D eigenvalue weighted by Gasteiger charge is 2.27. The van der Waals surface area contributed by atoms with Gasteiger partial charge in [-0.05, 0) is 36.4 Å². The summed E-state index contributed by atoms with van der Waals surface area (Å²) in [6.45, 7) is -0.377. The average Bonchev–Trinajstić information content (AvgIpc) is 2.64. The Morgan fingerprint density at radius 2 is 2.07 bits per heavy atom. The number of halogens is 1. The van der Waals surface area contributed by atoms with E-state index >= 15 is 0 Å². The minimum Gasteiger partial charge on any atom is -0.495 e. The Kier molecular flexibility index (Phi) is 5.31. The third-order valence-electron chi connectivity index (χ3n) is 3.92. The predicted octanol–water partition coefficient (Wildman–Crippen LogP) is 1.92. The third kappa shape index (κ3) is 4.03. The molecular weight excluding hydrogens is 418 g/mol. The molecule has 1 aliphatic rings. The molecule has 0 aromatic heterocycles. The summed E-state index contributed by atoms with van der Waals surface area (Å²) >= 11 is 3.34. The number of hydrogen-bond acceptors (Lipinski definition) is 5. The van der Waals surface area contributed by atoms with Gasteiger partial charge in [0.1, 0.15) is 18.0 Å². The van der Waals surface area contributed by atoms with Crippen molar-refractivity contribution in [2.24, 2.45) is 5.73 Å². The Balaban J connectivity index is 1.82. The van der Waals surface area contributed by atoms with Crippen LogP contribution >= 0.6 is 15.9 Å². The van der Waals surface area contributed by atoms with E-state index in [-0.39, 0.29) is 30.3 Å².